The SMILES string of the molecule is CC(=O)N1CC[C@H]2[C@H](C1)C[C@](C)(CO)N2C(=O)c1cccnc1C. The molecule has 0 unspecified atom stereocenters. The summed E-state index contributed by atoms with van der Waals surface area (Å²) in [6, 6.07) is 3.62. The molecule has 0 aliphatic carbocycles. The number of piperidine rings is 1. The van der Waals surface area contributed by atoms with Gasteiger partial charge in [0.25, 0.3) is 5.91 Å². The Balaban J connectivity index is 1.92. The average Bonchev–Trinajstić information content (AvgIpc) is 2.86. The van der Waals surface area contributed by atoms with Crippen LogP contribution in [0, 0.1) is 12.8 Å². The Hall–Kier alpha value is -1.95. The molecule has 1 aromatic heterocycles. The summed E-state index contributed by atoms with van der Waals surface area (Å²) in [7, 11) is 0. The minimum Gasteiger partial charge on any atom is -0.394 e. The van der Waals surface area contributed by atoms with Crippen LogP contribution in [0.25, 0.3) is 0 Å². The first kappa shape index (κ1) is 16.9. The van der Waals surface area contributed by atoms with Crippen LogP contribution in [0.5, 0.6) is 0 Å². The first-order valence-corrected chi connectivity index (χ1v) is 8.49. The summed E-state index contributed by atoms with van der Waals surface area (Å²) in [6.07, 6.45) is 3.14. The maximum Gasteiger partial charge on any atom is 0.256 e. The van der Waals surface area contributed by atoms with Crippen molar-refractivity contribution in [1.82, 2.24) is 14.8 Å². The molecular formula is C18H25N3O3. The molecule has 2 saturated heterocycles. The average molecular weight is 331 g/mol. The third-order valence-electron chi connectivity index (χ3n) is 5.55. The largest absolute Gasteiger partial charge is 0.394 e. The number of likely N-dealkylation sites (tertiary alicyclic amines) is 2. The van der Waals surface area contributed by atoms with Crippen LogP contribution in [0.4, 0.5) is 0 Å². The van der Waals surface area contributed by atoms with Crippen LogP contribution in [-0.4, -0.2) is 63.0 Å². The number of pyridine rings is 1. The molecule has 3 atom stereocenters. The van der Waals surface area contributed by atoms with Gasteiger partial charge in [-0.25, -0.2) is 0 Å². The molecule has 24 heavy (non-hydrogen) atoms. The van der Waals surface area contributed by atoms with Gasteiger partial charge in [-0.05, 0) is 44.7 Å². The minimum atomic E-state index is -0.596. The highest BCUT2D eigenvalue weighted by molar-refractivity contribution is 5.96. The van der Waals surface area contributed by atoms with Crippen LogP contribution in [-0.2, 0) is 4.79 Å². The molecule has 3 heterocycles. The molecule has 0 bridgehead atoms. The molecule has 2 aliphatic heterocycles. The van der Waals surface area contributed by atoms with Gasteiger partial charge < -0.3 is 14.9 Å². The van der Waals surface area contributed by atoms with Gasteiger partial charge in [0, 0.05) is 37.9 Å². The van der Waals surface area contributed by atoms with E-state index in [9.17, 15) is 14.7 Å². The van der Waals surface area contributed by atoms with E-state index in [0.717, 1.165) is 6.42 Å². The normalized spacial score (nSPS) is 29.5. The quantitative estimate of drug-likeness (QED) is 0.884. The van der Waals surface area contributed by atoms with Gasteiger partial charge in [0.05, 0.1) is 17.7 Å². The Morgan fingerprint density at radius 1 is 1.46 bits per heavy atom. The van der Waals surface area contributed by atoms with Crippen molar-refractivity contribution in [3.63, 3.8) is 0 Å². The van der Waals surface area contributed by atoms with Crippen molar-refractivity contribution in [3.05, 3.63) is 29.6 Å². The smallest absolute Gasteiger partial charge is 0.256 e. The van der Waals surface area contributed by atoms with Gasteiger partial charge in [0.1, 0.15) is 0 Å². The molecular weight excluding hydrogens is 306 g/mol. The summed E-state index contributed by atoms with van der Waals surface area (Å²) in [5, 5.41) is 9.99. The first-order valence-electron chi connectivity index (χ1n) is 8.49. The molecule has 2 fully saturated rings. The number of rotatable bonds is 2. The summed E-state index contributed by atoms with van der Waals surface area (Å²) in [4.78, 5) is 32.8. The highest BCUT2D eigenvalue weighted by Crippen LogP contribution is 2.42. The molecule has 130 valence electrons. The van der Waals surface area contributed by atoms with Crippen molar-refractivity contribution in [2.24, 2.45) is 5.92 Å². The Morgan fingerprint density at radius 3 is 2.83 bits per heavy atom. The summed E-state index contributed by atoms with van der Waals surface area (Å²) in [5.74, 6) is 0.216. The van der Waals surface area contributed by atoms with Crippen LogP contribution in [0.3, 0.4) is 0 Å². The summed E-state index contributed by atoms with van der Waals surface area (Å²) >= 11 is 0. The molecule has 0 radical (unpaired) electrons. The summed E-state index contributed by atoms with van der Waals surface area (Å²) in [5.41, 5.74) is 0.695. The van der Waals surface area contributed by atoms with E-state index in [4.69, 9.17) is 0 Å². The molecule has 1 aromatic rings. The van der Waals surface area contributed by atoms with Gasteiger partial charge in [0.15, 0.2) is 0 Å². The van der Waals surface area contributed by atoms with E-state index in [-0.39, 0.29) is 30.4 Å². The Labute approximate surface area is 142 Å². The zero-order valence-corrected chi connectivity index (χ0v) is 14.5. The van der Waals surface area contributed by atoms with Gasteiger partial charge in [-0.15, -0.1) is 0 Å². The predicted octanol–water partition coefficient (Wildman–Crippen LogP) is 1.22. The Bertz CT molecular complexity index is 663. The highest BCUT2D eigenvalue weighted by atomic mass is 16.3. The number of fused-ring (bicyclic) bond motifs is 1. The van der Waals surface area contributed by atoms with E-state index >= 15 is 0 Å². The zero-order valence-electron chi connectivity index (χ0n) is 14.5. The van der Waals surface area contributed by atoms with Crippen molar-refractivity contribution >= 4 is 11.8 Å². The van der Waals surface area contributed by atoms with Crippen LogP contribution >= 0.6 is 0 Å². The number of carbonyl (C=O) groups excluding carboxylic acids is 2. The van der Waals surface area contributed by atoms with Gasteiger partial charge in [-0.2, -0.15) is 0 Å². The fourth-order valence-electron chi connectivity index (χ4n) is 4.29. The van der Waals surface area contributed by atoms with Crippen LogP contribution in [0.1, 0.15) is 42.7 Å². The highest BCUT2D eigenvalue weighted by Gasteiger charge is 2.52. The number of aryl methyl sites for hydroxylation is 1. The van der Waals surface area contributed by atoms with Crippen LogP contribution in [0.2, 0.25) is 0 Å². The van der Waals surface area contributed by atoms with Crippen molar-refractivity contribution in [2.45, 2.75) is 45.2 Å². The van der Waals surface area contributed by atoms with Crippen molar-refractivity contribution in [1.29, 1.82) is 0 Å². The minimum absolute atomic E-state index is 0.0601. The van der Waals surface area contributed by atoms with Gasteiger partial charge in [-0.1, -0.05) is 0 Å². The second-order valence-corrected chi connectivity index (χ2v) is 7.25. The maximum atomic E-state index is 13.2. The molecule has 2 aliphatic rings. The number of hydrogen-bond donors (Lipinski definition) is 1. The van der Waals surface area contributed by atoms with E-state index in [1.165, 1.54) is 0 Å². The molecule has 1 N–H and O–H groups in total. The van der Waals surface area contributed by atoms with Gasteiger partial charge in [-0.3, -0.25) is 14.6 Å². The van der Waals surface area contributed by atoms with Crippen LogP contribution < -0.4 is 0 Å². The molecule has 0 spiro atoms. The number of aliphatic hydroxyl groups is 1. The number of aromatic nitrogens is 1. The summed E-state index contributed by atoms with van der Waals surface area (Å²) < 4.78 is 0. The number of aliphatic hydroxyl groups excluding tert-OH is 1. The van der Waals surface area contributed by atoms with Crippen molar-refractivity contribution in [2.75, 3.05) is 19.7 Å². The topological polar surface area (TPSA) is 73.7 Å². The number of amides is 2. The number of hydrogen-bond acceptors (Lipinski definition) is 4. The molecule has 3 rings (SSSR count). The zero-order chi connectivity index (χ0) is 17.5. The second kappa shape index (κ2) is 6.16. The van der Waals surface area contributed by atoms with E-state index < -0.39 is 5.54 Å². The monoisotopic (exact) mass is 331 g/mol. The van der Waals surface area contributed by atoms with Crippen LogP contribution in [0.15, 0.2) is 18.3 Å². The summed E-state index contributed by atoms with van der Waals surface area (Å²) in [6.45, 7) is 6.59. The van der Waals surface area contributed by atoms with E-state index in [2.05, 4.69) is 4.98 Å². The standard InChI is InChI=1S/C18H25N3O3/c1-12-15(5-4-7-19-12)17(24)21-16-6-8-20(13(2)23)10-14(16)9-18(21,3)11-22/h4-5,7,14,16,22H,6,8-11H2,1-3H3/t14-,16-,18+/m0/s1. The lowest BCUT2D eigenvalue weighted by molar-refractivity contribution is -0.130. The fraction of sp³-hybridized carbons (Fsp3) is 0.611. The Kier molecular flexibility index (Phi) is 4.34. The second-order valence-electron chi connectivity index (χ2n) is 7.25. The lowest BCUT2D eigenvalue weighted by atomic mass is 9.89. The molecule has 6 heteroatoms. The van der Waals surface area contributed by atoms with Gasteiger partial charge >= 0.3 is 0 Å². The third kappa shape index (κ3) is 2.69. The maximum absolute atomic E-state index is 13.2. The number of carbonyl (C=O) groups is 2. The third-order valence-corrected chi connectivity index (χ3v) is 5.55. The molecule has 2 amide bonds. The molecule has 0 saturated carbocycles. The van der Waals surface area contributed by atoms with Crippen molar-refractivity contribution < 1.29 is 14.7 Å². The van der Waals surface area contributed by atoms with E-state index in [1.54, 1.807) is 25.3 Å². The van der Waals surface area contributed by atoms with Gasteiger partial charge in [0.2, 0.25) is 5.91 Å². The van der Waals surface area contributed by atoms with E-state index in [1.807, 2.05) is 23.6 Å². The Morgan fingerprint density at radius 2 is 2.21 bits per heavy atom. The number of nitrogens with zero attached hydrogens (tertiary/aromatic N) is 3. The molecule has 6 nitrogen and oxygen atoms in total. The predicted molar refractivity (Wildman–Crippen MR) is 89.4 cm³/mol. The van der Waals surface area contributed by atoms with Crippen molar-refractivity contribution in [3.8, 4) is 0 Å². The lowest BCUT2D eigenvalue weighted by Gasteiger charge is -2.40. The first-order chi connectivity index (χ1) is 11.4. The van der Waals surface area contributed by atoms with E-state index in [0.29, 0.717) is 30.8 Å². The molecule has 0 aromatic carbocycles. The fourth-order valence-corrected chi connectivity index (χ4v) is 4.29. The lowest BCUT2D eigenvalue weighted by Crippen LogP contribution is -2.54.